The molecular formula is C47H54O25. The first-order valence-electron chi connectivity index (χ1n) is 22.5. The Morgan fingerprint density at radius 1 is 0.639 bits per heavy atom. The molecular weight excluding hydrogens is 964 g/mol. The largest absolute Gasteiger partial charge is 0.508 e. The maximum atomic E-state index is 14.6. The predicted molar refractivity (Wildman–Crippen MR) is 237 cm³/mol. The normalized spacial score (nSPS) is 36.3. The third-order valence-electron chi connectivity index (χ3n) is 12.5. The van der Waals surface area contributed by atoms with Crippen LogP contribution in [0.2, 0.25) is 0 Å². The second-order valence-electron chi connectivity index (χ2n) is 17.6. The Morgan fingerprint density at radius 3 is 1.96 bits per heavy atom. The Balaban J connectivity index is 1.18. The number of phenols is 4. The predicted octanol–water partition coefficient (Wildman–Crippen LogP) is -2.11. The number of benzene rings is 3. The Labute approximate surface area is 406 Å². The van der Waals surface area contributed by atoms with Crippen molar-refractivity contribution in [2.45, 2.75) is 131 Å². The standard InChI is InChI=1S/C47H54O25/c1-17-30(54)35(59)37(61)46(66-17)72-43-41(69-28(53)12-5-19-3-8-21(48)9-4-19)33(57)27(16-64-45-38(62)40(31(55)18(2)65-45)70-44-36(60)32(56)25(52)15-63-44)68-47(43)71-42-34(58)29-24(51)13-23(50)14-26(29)67-39(42)20-6-10-22(49)11-7-20/h3-14,17-18,25,27,30-33,35-38,40-41,43-52,54-57,59-62H,15-16H2,1-2H3. The van der Waals surface area contributed by atoms with E-state index in [4.69, 9.17) is 47.0 Å². The van der Waals surface area contributed by atoms with Gasteiger partial charge in [0.2, 0.25) is 17.5 Å². The fourth-order valence-electron chi connectivity index (χ4n) is 8.44. The second kappa shape index (κ2) is 21.9. The SMILES string of the molecule is CC1OC(OC2C(Oc3c(-c4ccc(O)cc4)oc4cc(O)cc(O)c4c3=O)OC(COC3OC(C)C(O)C(OC4OCC(O)C(O)C4O)C3O)C(O)C2OC(=O)C=Cc2ccc(O)cc2)C(O)C(O)C1O. The third kappa shape index (κ3) is 11.0. The number of fused-ring (bicyclic) bond motifs is 1. The molecule has 4 saturated heterocycles. The summed E-state index contributed by atoms with van der Waals surface area (Å²) in [5.41, 5.74) is -0.975. The van der Waals surface area contributed by atoms with Crippen LogP contribution in [-0.4, -0.2) is 202 Å². The van der Waals surface area contributed by atoms with E-state index in [1.165, 1.54) is 68.5 Å². The maximum Gasteiger partial charge on any atom is 0.331 e. The van der Waals surface area contributed by atoms with Gasteiger partial charge in [0.25, 0.3) is 0 Å². The van der Waals surface area contributed by atoms with Crippen molar-refractivity contribution < 1.29 is 118 Å². The number of hydrogen-bond donors (Lipinski definition) is 13. The molecule has 4 aliphatic rings. The van der Waals surface area contributed by atoms with E-state index in [0.717, 1.165) is 18.2 Å². The van der Waals surface area contributed by atoms with Crippen molar-refractivity contribution in [3.8, 4) is 40.1 Å². The van der Waals surface area contributed by atoms with E-state index < -0.39 is 170 Å². The molecule has 0 amide bonds. The highest BCUT2D eigenvalue weighted by atomic mass is 16.8. The van der Waals surface area contributed by atoms with Gasteiger partial charge < -0.3 is 113 Å². The van der Waals surface area contributed by atoms with Crippen LogP contribution in [0.15, 0.2) is 76.0 Å². The third-order valence-corrected chi connectivity index (χ3v) is 12.5. The number of esters is 1. The average molecular weight is 1020 g/mol. The molecule has 19 atom stereocenters. The molecule has 25 nitrogen and oxygen atoms in total. The van der Waals surface area contributed by atoms with E-state index in [1.54, 1.807) is 0 Å². The summed E-state index contributed by atoms with van der Waals surface area (Å²) >= 11 is 0. The van der Waals surface area contributed by atoms with Crippen molar-refractivity contribution >= 4 is 23.0 Å². The monoisotopic (exact) mass is 1020 g/mol. The Morgan fingerprint density at radius 2 is 1.26 bits per heavy atom. The number of rotatable bonds is 13. The Bertz CT molecular complexity index is 2590. The van der Waals surface area contributed by atoms with Crippen LogP contribution < -0.4 is 10.2 Å². The summed E-state index contributed by atoms with van der Waals surface area (Å²) in [6, 6.07) is 12.6. The molecule has 0 radical (unpaired) electrons. The molecule has 392 valence electrons. The van der Waals surface area contributed by atoms with E-state index >= 15 is 0 Å². The van der Waals surface area contributed by atoms with Crippen LogP contribution in [-0.2, 0) is 42.7 Å². The van der Waals surface area contributed by atoms with E-state index in [-0.39, 0.29) is 22.6 Å². The van der Waals surface area contributed by atoms with Crippen LogP contribution >= 0.6 is 0 Å². The summed E-state index contributed by atoms with van der Waals surface area (Å²) in [4.78, 5) is 28.3. The van der Waals surface area contributed by atoms with Gasteiger partial charge in [0, 0.05) is 23.8 Å². The van der Waals surface area contributed by atoms with Crippen molar-refractivity contribution in [1.82, 2.24) is 0 Å². The van der Waals surface area contributed by atoms with Gasteiger partial charge in [0.15, 0.2) is 36.8 Å². The Kier molecular flexibility index (Phi) is 16.0. The molecule has 3 aromatic carbocycles. The summed E-state index contributed by atoms with van der Waals surface area (Å²) in [6.07, 6.45) is -31.3. The fourth-order valence-corrected chi connectivity index (χ4v) is 8.44. The van der Waals surface area contributed by atoms with E-state index in [9.17, 15) is 76.0 Å². The zero-order chi connectivity index (χ0) is 51.9. The zero-order valence-electron chi connectivity index (χ0n) is 38.0. The lowest BCUT2D eigenvalue weighted by Gasteiger charge is -2.47. The topological polar surface area (TPSA) is 393 Å². The Hall–Kier alpha value is -5.56. The molecule has 19 unspecified atom stereocenters. The van der Waals surface area contributed by atoms with E-state index in [0.29, 0.717) is 5.56 Å². The van der Waals surface area contributed by atoms with Gasteiger partial charge >= 0.3 is 5.97 Å². The number of aliphatic hydroxyl groups is 9. The van der Waals surface area contributed by atoms with Crippen molar-refractivity contribution in [2.75, 3.05) is 13.2 Å². The molecule has 72 heavy (non-hydrogen) atoms. The molecule has 4 fully saturated rings. The number of ether oxygens (including phenoxy) is 9. The molecule has 0 bridgehead atoms. The average Bonchev–Trinajstić information content (AvgIpc) is 3.34. The van der Waals surface area contributed by atoms with Gasteiger partial charge in [-0.25, -0.2) is 4.79 Å². The quantitative estimate of drug-likeness (QED) is 0.0503. The molecule has 4 aromatic rings. The minimum absolute atomic E-state index is 0.0606. The molecule has 0 spiro atoms. The molecule has 1 aromatic heterocycles. The first kappa shape index (κ1) is 52.8. The van der Waals surface area contributed by atoms with Crippen LogP contribution in [0, 0.1) is 0 Å². The summed E-state index contributed by atoms with van der Waals surface area (Å²) in [7, 11) is 0. The molecule has 8 rings (SSSR count). The minimum Gasteiger partial charge on any atom is -0.508 e. The number of aliphatic hydroxyl groups excluding tert-OH is 9. The second-order valence-corrected chi connectivity index (χ2v) is 17.6. The number of carbonyl (C=O) groups excluding carboxylic acids is 1. The number of phenolic OH excluding ortho intramolecular Hbond substituents is 4. The van der Waals surface area contributed by atoms with Crippen LogP contribution in [0.3, 0.4) is 0 Å². The maximum absolute atomic E-state index is 14.6. The summed E-state index contributed by atoms with van der Waals surface area (Å²) in [6.45, 7) is 1.39. The van der Waals surface area contributed by atoms with Crippen LogP contribution in [0.1, 0.15) is 19.4 Å². The van der Waals surface area contributed by atoms with Gasteiger partial charge in [-0.3, -0.25) is 4.79 Å². The highest BCUT2D eigenvalue weighted by molar-refractivity contribution is 5.88. The van der Waals surface area contributed by atoms with Gasteiger partial charge in [-0.2, -0.15) is 0 Å². The number of hydrogen-bond acceptors (Lipinski definition) is 25. The molecule has 0 saturated carbocycles. The number of carbonyl (C=O) groups is 1. The molecule has 5 heterocycles. The van der Waals surface area contributed by atoms with Gasteiger partial charge in [-0.1, -0.05) is 12.1 Å². The van der Waals surface area contributed by atoms with Crippen LogP contribution in [0.4, 0.5) is 0 Å². The lowest BCUT2D eigenvalue weighted by Crippen LogP contribution is -2.66. The summed E-state index contributed by atoms with van der Waals surface area (Å²) < 4.78 is 58.9. The van der Waals surface area contributed by atoms with Crippen molar-refractivity contribution in [3.63, 3.8) is 0 Å². The molecule has 0 aliphatic carbocycles. The minimum atomic E-state index is -2.13. The zero-order valence-corrected chi connectivity index (χ0v) is 38.0. The highest BCUT2D eigenvalue weighted by Gasteiger charge is 2.55. The van der Waals surface area contributed by atoms with Crippen molar-refractivity contribution in [3.05, 3.63) is 82.5 Å². The van der Waals surface area contributed by atoms with Crippen molar-refractivity contribution in [2.24, 2.45) is 0 Å². The fraction of sp³-hybridized carbons (Fsp3) is 0.489. The van der Waals surface area contributed by atoms with Gasteiger partial charge in [-0.15, -0.1) is 0 Å². The van der Waals surface area contributed by atoms with Gasteiger partial charge in [-0.05, 0) is 61.9 Å². The summed E-state index contributed by atoms with van der Waals surface area (Å²) in [5, 5.41) is 138. The molecule has 13 N–H and O–H groups in total. The molecule has 4 aliphatic heterocycles. The first-order valence-corrected chi connectivity index (χ1v) is 22.5. The van der Waals surface area contributed by atoms with E-state index in [1.807, 2.05) is 0 Å². The van der Waals surface area contributed by atoms with E-state index in [2.05, 4.69) is 0 Å². The van der Waals surface area contributed by atoms with Crippen LogP contribution in [0.5, 0.6) is 28.7 Å². The molecule has 25 heteroatoms. The summed E-state index contributed by atoms with van der Waals surface area (Å²) in [5.74, 6) is -3.86. The highest BCUT2D eigenvalue weighted by Crippen LogP contribution is 2.39. The van der Waals surface area contributed by atoms with Crippen molar-refractivity contribution in [1.29, 1.82) is 0 Å². The smallest absolute Gasteiger partial charge is 0.331 e. The lowest BCUT2D eigenvalue weighted by atomic mass is 9.97. The lowest BCUT2D eigenvalue weighted by molar-refractivity contribution is -0.365. The van der Waals surface area contributed by atoms with Crippen LogP contribution in [0.25, 0.3) is 28.4 Å². The van der Waals surface area contributed by atoms with Gasteiger partial charge in [0.1, 0.15) is 101 Å². The number of aromatic hydroxyl groups is 4. The van der Waals surface area contributed by atoms with Gasteiger partial charge in [0.05, 0.1) is 25.4 Å². The first-order chi connectivity index (χ1) is 34.2.